The first-order valence-electron chi connectivity index (χ1n) is 6.66. The van der Waals surface area contributed by atoms with E-state index in [9.17, 15) is 4.79 Å². The number of likely N-dealkylation sites (tertiary alicyclic amines) is 1. The van der Waals surface area contributed by atoms with E-state index in [4.69, 9.17) is 5.11 Å². The molecule has 1 N–H and O–H groups in total. The summed E-state index contributed by atoms with van der Waals surface area (Å²) < 4.78 is 0. The van der Waals surface area contributed by atoms with Gasteiger partial charge in [0.1, 0.15) is 0 Å². The Kier molecular flexibility index (Phi) is 3.85. The van der Waals surface area contributed by atoms with Crippen molar-refractivity contribution in [1.82, 2.24) is 4.90 Å². The third-order valence-corrected chi connectivity index (χ3v) is 4.31. The van der Waals surface area contributed by atoms with Crippen LogP contribution >= 0.6 is 0 Å². The van der Waals surface area contributed by atoms with Crippen LogP contribution in [0.4, 0.5) is 0 Å². The summed E-state index contributed by atoms with van der Waals surface area (Å²) in [6.45, 7) is 4.33. The molecule has 3 nitrogen and oxygen atoms in total. The van der Waals surface area contributed by atoms with Crippen LogP contribution < -0.4 is 0 Å². The monoisotopic (exact) mass is 225 g/mol. The summed E-state index contributed by atoms with van der Waals surface area (Å²) in [5.41, 5.74) is 0. The summed E-state index contributed by atoms with van der Waals surface area (Å²) >= 11 is 0. The Labute approximate surface area is 97.8 Å². The lowest BCUT2D eigenvalue weighted by atomic mass is 9.79. The van der Waals surface area contributed by atoms with Crippen LogP contribution in [-0.4, -0.2) is 35.1 Å². The van der Waals surface area contributed by atoms with Crippen molar-refractivity contribution < 1.29 is 9.90 Å². The van der Waals surface area contributed by atoms with Gasteiger partial charge < -0.3 is 5.11 Å². The van der Waals surface area contributed by atoms with Crippen LogP contribution in [0, 0.1) is 11.8 Å². The Hall–Kier alpha value is -0.570. The molecule has 0 aromatic heterocycles. The van der Waals surface area contributed by atoms with Crippen LogP contribution in [0.1, 0.15) is 45.4 Å². The summed E-state index contributed by atoms with van der Waals surface area (Å²) in [6, 6.07) is 0.754. The molecule has 0 bridgehead atoms. The molecule has 2 unspecified atom stereocenters. The molecule has 0 aromatic carbocycles. The van der Waals surface area contributed by atoms with E-state index in [-0.39, 0.29) is 0 Å². The highest BCUT2D eigenvalue weighted by molar-refractivity contribution is 5.67. The maximum Gasteiger partial charge on any atom is 0.303 e. The fourth-order valence-corrected chi connectivity index (χ4v) is 3.40. The topological polar surface area (TPSA) is 40.5 Å². The van der Waals surface area contributed by atoms with Crippen molar-refractivity contribution in [3.05, 3.63) is 0 Å². The van der Waals surface area contributed by atoms with E-state index >= 15 is 0 Å². The SMILES string of the molecule is CCC1CCCCC1N1CC(CC(=O)O)C1. The van der Waals surface area contributed by atoms with Gasteiger partial charge in [-0.1, -0.05) is 26.2 Å². The maximum atomic E-state index is 10.6. The number of aliphatic carboxylic acids is 1. The molecule has 16 heavy (non-hydrogen) atoms. The minimum Gasteiger partial charge on any atom is -0.481 e. The molecule has 2 aliphatic rings. The molecule has 1 heterocycles. The standard InChI is InChI=1S/C13H23NO2/c1-2-11-5-3-4-6-12(11)14-8-10(9-14)7-13(15)16/h10-12H,2-9H2,1H3,(H,15,16). The summed E-state index contributed by atoms with van der Waals surface area (Å²) in [5, 5.41) is 8.73. The molecule has 92 valence electrons. The molecule has 2 rings (SSSR count). The van der Waals surface area contributed by atoms with Crippen molar-refractivity contribution in [1.29, 1.82) is 0 Å². The van der Waals surface area contributed by atoms with E-state index < -0.39 is 5.97 Å². The molecule has 1 aliphatic heterocycles. The molecule has 1 aliphatic carbocycles. The first kappa shape index (κ1) is 11.9. The maximum absolute atomic E-state index is 10.6. The summed E-state index contributed by atoms with van der Waals surface area (Å²) in [4.78, 5) is 13.1. The van der Waals surface area contributed by atoms with Gasteiger partial charge in [0.15, 0.2) is 0 Å². The van der Waals surface area contributed by atoms with Crippen molar-refractivity contribution in [3.8, 4) is 0 Å². The van der Waals surface area contributed by atoms with E-state index in [0.717, 1.165) is 25.0 Å². The average Bonchev–Trinajstić information content (AvgIpc) is 2.22. The van der Waals surface area contributed by atoms with Crippen molar-refractivity contribution in [2.75, 3.05) is 13.1 Å². The Balaban J connectivity index is 1.79. The number of nitrogens with zero attached hydrogens (tertiary/aromatic N) is 1. The predicted molar refractivity (Wildman–Crippen MR) is 63.4 cm³/mol. The molecular weight excluding hydrogens is 202 g/mol. The molecule has 3 heteroatoms. The van der Waals surface area contributed by atoms with Gasteiger partial charge in [-0.25, -0.2) is 0 Å². The first-order valence-corrected chi connectivity index (χ1v) is 6.66. The molecule has 1 saturated carbocycles. The smallest absolute Gasteiger partial charge is 0.303 e. The highest BCUT2D eigenvalue weighted by atomic mass is 16.4. The van der Waals surface area contributed by atoms with Crippen LogP contribution in [0.5, 0.6) is 0 Å². The molecule has 1 saturated heterocycles. The Bertz CT molecular complexity index is 248. The third-order valence-electron chi connectivity index (χ3n) is 4.31. The molecular formula is C13H23NO2. The Morgan fingerprint density at radius 2 is 2.00 bits per heavy atom. The normalized spacial score (nSPS) is 32.3. The van der Waals surface area contributed by atoms with Crippen LogP contribution in [0.15, 0.2) is 0 Å². The van der Waals surface area contributed by atoms with Gasteiger partial charge in [-0.05, 0) is 24.7 Å². The zero-order valence-electron chi connectivity index (χ0n) is 10.2. The summed E-state index contributed by atoms with van der Waals surface area (Å²) in [5.74, 6) is 0.636. The van der Waals surface area contributed by atoms with Gasteiger partial charge in [0.2, 0.25) is 0 Å². The second-order valence-electron chi connectivity index (χ2n) is 5.44. The van der Waals surface area contributed by atoms with Gasteiger partial charge in [0.25, 0.3) is 0 Å². The largest absolute Gasteiger partial charge is 0.481 e. The van der Waals surface area contributed by atoms with Crippen molar-refractivity contribution >= 4 is 5.97 Å². The van der Waals surface area contributed by atoms with Gasteiger partial charge in [0, 0.05) is 19.1 Å². The molecule has 0 spiro atoms. The Morgan fingerprint density at radius 3 is 2.62 bits per heavy atom. The quantitative estimate of drug-likeness (QED) is 0.798. The van der Waals surface area contributed by atoms with Crippen molar-refractivity contribution in [3.63, 3.8) is 0 Å². The van der Waals surface area contributed by atoms with Gasteiger partial charge in [-0.2, -0.15) is 0 Å². The van der Waals surface area contributed by atoms with Crippen LogP contribution in [0.2, 0.25) is 0 Å². The van der Waals surface area contributed by atoms with E-state index in [1.165, 1.54) is 32.1 Å². The number of carboxylic acid groups (broad SMARTS) is 1. The minimum absolute atomic E-state index is 0.361. The van der Waals surface area contributed by atoms with E-state index in [0.29, 0.717) is 12.3 Å². The summed E-state index contributed by atoms with van der Waals surface area (Å²) in [6.07, 6.45) is 7.10. The number of hydrogen-bond donors (Lipinski definition) is 1. The average molecular weight is 225 g/mol. The molecule has 0 amide bonds. The highest BCUT2D eigenvalue weighted by Gasteiger charge is 2.37. The molecule has 2 fully saturated rings. The lowest BCUT2D eigenvalue weighted by Gasteiger charge is -2.48. The second kappa shape index (κ2) is 5.17. The number of hydrogen-bond acceptors (Lipinski definition) is 2. The van der Waals surface area contributed by atoms with E-state index in [1.54, 1.807) is 0 Å². The lowest BCUT2D eigenvalue weighted by molar-refractivity contribution is -0.140. The van der Waals surface area contributed by atoms with Crippen LogP contribution in [0.25, 0.3) is 0 Å². The lowest BCUT2D eigenvalue weighted by Crippen LogP contribution is -2.55. The molecule has 2 atom stereocenters. The van der Waals surface area contributed by atoms with Crippen molar-refractivity contribution in [2.24, 2.45) is 11.8 Å². The molecule has 0 aromatic rings. The zero-order valence-corrected chi connectivity index (χ0v) is 10.2. The van der Waals surface area contributed by atoms with E-state index in [1.807, 2.05) is 0 Å². The fourth-order valence-electron chi connectivity index (χ4n) is 3.40. The first-order chi connectivity index (χ1) is 7.70. The number of carboxylic acids is 1. The van der Waals surface area contributed by atoms with Crippen LogP contribution in [0.3, 0.4) is 0 Å². The van der Waals surface area contributed by atoms with Gasteiger partial charge >= 0.3 is 5.97 Å². The number of rotatable bonds is 4. The third kappa shape index (κ3) is 2.57. The fraction of sp³-hybridized carbons (Fsp3) is 0.923. The van der Waals surface area contributed by atoms with Crippen LogP contribution in [-0.2, 0) is 4.79 Å². The predicted octanol–water partition coefficient (Wildman–Crippen LogP) is 2.36. The minimum atomic E-state index is -0.639. The number of carbonyl (C=O) groups is 1. The second-order valence-corrected chi connectivity index (χ2v) is 5.44. The molecule has 0 radical (unpaired) electrons. The van der Waals surface area contributed by atoms with Gasteiger partial charge in [0.05, 0.1) is 6.42 Å². The van der Waals surface area contributed by atoms with Gasteiger partial charge in [-0.3, -0.25) is 9.69 Å². The Morgan fingerprint density at radius 1 is 1.31 bits per heavy atom. The van der Waals surface area contributed by atoms with Gasteiger partial charge in [-0.15, -0.1) is 0 Å². The summed E-state index contributed by atoms with van der Waals surface area (Å²) in [7, 11) is 0. The zero-order chi connectivity index (χ0) is 11.5. The van der Waals surface area contributed by atoms with E-state index in [2.05, 4.69) is 11.8 Å². The highest BCUT2D eigenvalue weighted by Crippen LogP contribution is 2.34. The van der Waals surface area contributed by atoms with Crippen molar-refractivity contribution in [2.45, 2.75) is 51.5 Å².